The zero-order valence-electron chi connectivity index (χ0n) is 25.8. The molecule has 3 rings (SSSR count). The van der Waals surface area contributed by atoms with Crippen LogP contribution in [0.1, 0.15) is 24.6 Å². The van der Waals surface area contributed by atoms with Crippen molar-refractivity contribution in [1.82, 2.24) is 19.3 Å². The monoisotopic (exact) mass is 799 g/mol. The molecule has 0 bridgehead atoms. The summed E-state index contributed by atoms with van der Waals surface area (Å²) in [4.78, 5) is 81.2. The van der Waals surface area contributed by atoms with Crippen molar-refractivity contribution in [3.8, 4) is 0 Å². The molecule has 2 aromatic rings. The van der Waals surface area contributed by atoms with Crippen LogP contribution in [0.2, 0.25) is 0 Å². The van der Waals surface area contributed by atoms with Gasteiger partial charge >= 0.3 is 65.1 Å². The van der Waals surface area contributed by atoms with E-state index in [2.05, 4.69) is 15.5 Å². The Bertz CT molecular complexity index is 1880. The van der Waals surface area contributed by atoms with Gasteiger partial charge in [-0.25, -0.2) is 26.1 Å². The largest absolute Gasteiger partial charge is 1.00 e. The summed E-state index contributed by atoms with van der Waals surface area (Å²) in [6.45, 7) is 1.06. The molecule has 2 heterocycles. The topological polar surface area (TPSA) is 326 Å². The molecular formula is C22H20ClN7Na2O15S3. The third-order valence-corrected chi connectivity index (χ3v) is 8.07. The van der Waals surface area contributed by atoms with Crippen molar-refractivity contribution in [2.45, 2.75) is 38.1 Å². The number of rotatable bonds is 15. The van der Waals surface area contributed by atoms with E-state index in [1.165, 1.54) is 31.2 Å². The molecule has 0 aliphatic carbocycles. The smallest absolute Gasteiger partial charge is 0.731 e. The van der Waals surface area contributed by atoms with Gasteiger partial charge in [0.15, 0.2) is 37.5 Å². The van der Waals surface area contributed by atoms with Gasteiger partial charge in [0.2, 0.25) is 5.91 Å². The fraction of sp³-hybridized carbons (Fsp3) is 0.318. The van der Waals surface area contributed by atoms with Crippen molar-refractivity contribution in [1.29, 1.82) is 0 Å². The Labute approximate surface area is 335 Å². The molecule has 4 amide bonds. The van der Waals surface area contributed by atoms with Crippen molar-refractivity contribution in [3.63, 3.8) is 0 Å². The van der Waals surface area contributed by atoms with Crippen LogP contribution in [0.15, 0.2) is 34.8 Å². The minimum atomic E-state index is -5.74. The number of oxime groups is 1. The minimum Gasteiger partial charge on any atom is -0.731 e. The number of carbonyl (C=O) groups is 5. The van der Waals surface area contributed by atoms with Gasteiger partial charge in [-0.05, 0) is 24.6 Å². The van der Waals surface area contributed by atoms with E-state index in [0.717, 1.165) is 21.4 Å². The molecule has 28 heteroatoms. The van der Waals surface area contributed by atoms with E-state index in [1.54, 1.807) is 0 Å². The number of thiazole rings is 1. The Balaban J connectivity index is 0.00000625. The van der Waals surface area contributed by atoms with Crippen LogP contribution in [0.5, 0.6) is 0 Å². The number of β-lactam (4-membered cyclic amide) rings is 1. The van der Waals surface area contributed by atoms with E-state index in [9.17, 15) is 60.0 Å². The SMILES string of the molecule is CC(CC(=O)OCc1ccc([N+](=O)[O-])cc1)ON=C(C(=O)N[C@H]1C(=O)N(S(=O)(=O)[O-])[C@H]1C(=O)NS(=O)(=O)[O-])c1csc(NC(=O)CCl)n1.[Na+].[Na+]. The number of halogens is 1. The fourth-order valence-electron chi connectivity index (χ4n) is 3.65. The first-order valence-corrected chi connectivity index (χ1v) is 16.8. The van der Waals surface area contributed by atoms with Gasteiger partial charge in [0.25, 0.3) is 23.4 Å². The first-order valence-electron chi connectivity index (χ1n) is 12.6. The summed E-state index contributed by atoms with van der Waals surface area (Å²) in [5.41, 5.74) is -0.898. The Kier molecular flexibility index (Phi) is 17.3. The molecule has 1 aliphatic heterocycles. The zero-order chi connectivity index (χ0) is 36.0. The van der Waals surface area contributed by atoms with Gasteiger partial charge in [-0.2, -0.15) is 0 Å². The number of carbonyl (C=O) groups excluding carboxylic acids is 5. The number of nitrogens with zero attached hydrogens (tertiary/aromatic N) is 4. The van der Waals surface area contributed by atoms with E-state index in [0.29, 0.717) is 5.56 Å². The molecule has 1 fully saturated rings. The molecule has 0 spiro atoms. The number of aromatic nitrogens is 1. The van der Waals surface area contributed by atoms with Gasteiger partial charge in [0.05, 0.1) is 11.3 Å². The molecule has 22 nitrogen and oxygen atoms in total. The van der Waals surface area contributed by atoms with Crippen molar-refractivity contribution < 1.29 is 124 Å². The van der Waals surface area contributed by atoms with Crippen LogP contribution in [0.3, 0.4) is 0 Å². The van der Waals surface area contributed by atoms with Crippen molar-refractivity contribution in [3.05, 3.63) is 51.0 Å². The Morgan fingerprint density at radius 3 is 2.30 bits per heavy atom. The molecule has 1 aromatic heterocycles. The van der Waals surface area contributed by atoms with Crippen LogP contribution in [-0.4, -0.2) is 99.5 Å². The fourth-order valence-corrected chi connectivity index (χ4v) is 5.63. The quantitative estimate of drug-likeness (QED) is 0.0220. The number of amides is 4. The second kappa shape index (κ2) is 19.1. The van der Waals surface area contributed by atoms with Gasteiger partial charge in [-0.3, -0.25) is 38.8 Å². The number of hydrogen-bond acceptors (Lipinski definition) is 18. The number of alkyl halides is 1. The number of ether oxygens (including phenoxy) is 1. The summed E-state index contributed by atoms with van der Waals surface area (Å²) in [5.74, 6) is -7.04. The molecule has 260 valence electrons. The molecular weight excluding hydrogens is 780 g/mol. The van der Waals surface area contributed by atoms with E-state index < -0.39 is 95.6 Å². The molecule has 0 saturated carbocycles. The standard InChI is InChI=1S/C22H22ClN7O15S3.2Na/c1-10(6-15(32)44-8-11-2-4-12(5-3-11)30(36)37)45-27-16(13-9-46-22(24-13)25-14(31)7-23)19(33)26-17-18(20(34)28-47(38,39)40)29(21(17)35)48(41,42)43;;/h2-5,9-10,17-18H,6-8H2,1H3,(H,26,33)(H,28,34)(H,24,25,31)(H,38,39,40)(H,41,42,43);;/q;2*+1/p-2/t10?,17-,18-;;/m1../s1. The number of esters is 1. The van der Waals surface area contributed by atoms with E-state index in [4.69, 9.17) is 21.2 Å². The Morgan fingerprint density at radius 1 is 1.14 bits per heavy atom. The molecule has 1 aliphatic rings. The number of nitro benzene ring substituents is 1. The zero-order valence-corrected chi connectivity index (χ0v) is 33.0. The third-order valence-electron chi connectivity index (χ3n) is 5.73. The van der Waals surface area contributed by atoms with Crippen LogP contribution >= 0.6 is 22.9 Å². The molecule has 1 unspecified atom stereocenters. The molecule has 3 N–H and O–H groups in total. The van der Waals surface area contributed by atoms with Crippen molar-refractivity contribution >= 4 is 89.7 Å². The van der Waals surface area contributed by atoms with Crippen LogP contribution in [0.25, 0.3) is 0 Å². The maximum atomic E-state index is 13.2. The Hall–Kier alpha value is -2.82. The maximum absolute atomic E-state index is 13.2. The summed E-state index contributed by atoms with van der Waals surface area (Å²) in [6.07, 6.45) is -1.60. The predicted octanol–water partition coefficient (Wildman–Crippen LogP) is -7.79. The van der Waals surface area contributed by atoms with E-state index in [-0.39, 0.29) is 82.2 Å². The second-order valence-electron chi connectivity index (χ2n) is 9.27. The van der Waals surface area contributed by atoms with Gasteiger partial charge in [0, 0.05) is 17.5 Å². The number of benzene rings is 1. The number of nitrogens with one attached hydrogen (secondary N) is 3. The van der Waals surface area contributed by atoms with Crippen LogP contribution in [-0.2, 0) is 60.8 Å². The summed E-state index contributed by atoms with van der Waals surface area (Å²) in [5, 5.41) is 19.6. The first kappa shape index (κ1) is 45.2. The van der Waals surface area contributed by atoms with Crippen LogP contribution in [0.4, 0.5) is 10.8 Å². The number of anilines is 1. The third kappa shape index (κ3) is 12.7. The first-order chi connectivity index (χ1) is 22.3. The minimum absolute atomic E-state index is 0. The van der Waals surface area contributed by atoms with Gasteiger partial charge in [0.1, 0.15) is 30.3 Å². The summed E-state index contributed by atoms with van der Waals surface area (Å²) < 4.78 is 72.8. The maximum Gasteiger partial charge on any atom is 1.00 e. The molecule has 0 radical (unpaired) electrons. The van der Waals surface area contributed by atoms with Gasteiger partial charge < -0.3 is 29.3 Å². The average Bonchev–Trinajstić information content (AvgIpc) is 3.43. The van der Waals surface area contributed by atoms with Crippen LogP contribution < -0.4 is 74.5 Å². The normalized spacial score (nSPS) is 16.4. The number of non-ortho nitro benzene ring substituents is 1. The number of nitro groups is 1. The predicted molar refractivity (Wildman–Crippen MR) is 156 cm³/mol. The van der Waals surface area contributed by atoms with E-state index >= 15 is 0 Å². The number of hydrogen-bond donors (Lipinski definition) is 3. The summed E-state index contributed by atoms with van der Waals surface area (Å²) in [6, 6.07) is 0.420. The summed E-state index contributed by atoms with van der Waals surface area (Å²) in [7, 11) is -11.3. The van der Waals surface area contributed by atoms with Gasteiger partial charge in [-0.1, -0.05) is 5.16 Å². The van der Waals surface area contributed by atoms with E-state index in [1.807, 2.05) is 5.32 Å². The molecule has 3 atom stereocenters. The van der Waals surface area contributed by atoms with Crippen molar-refractivity contribution in [2.24, 2.45) is 5.16 Å². The average molecular weight is 800 g/mol. The molecule has 50 heavy (non-hydrogen) atoms. The summed E-state index contributed by atoms with van der Waals surface area (Å²) >= 11 is 6.20. The molecule has 1 aromatic carbocycles. The second-order valence-corrected chi connectivity index (χ2v) is 12.8. The van der Waals surface area contributed by atoms with Gasteiger partial charge in [-0.15, -0.1) is 22.9 Å². The Morgan fingerprint density at radius 2 is 1.76 bits per heavy atom. The molecule has 1 saturated heterocycles. The van der Waals surface area contributed by atoms with Crippen LogP contribution in [0, 0.1) is 10.1 Å². The van der Waals surface area contributed by atoms with Crippen molar-refractivity contribution in [2.75, 3.05) is 11.2 Å².